The van der Waals surface area contributed by atoms with Gasteiger partial charge in [-0.25, -0.2) is 0 Å². The quantitative estimate of drug-likeness (QED) is 0.874. The number of hydrogen-bond acceptors (Lipinski definition) is 3. The van der Waals surface area contributed by atoms with Crippen molar-refractivity contribution in [3.63, 3.8) is 0 Å². The first-order valence-corrected chi connectivity index (χ1v) is 7.40. The Labute approximate surface area is 132 Å². The van der Waals surface area contributed by atoms with Gasteiger partial charge >= 0.3 is 0 Å². The van der Waals surface area contributed by atoms with Crippen molar-refractivity contribution < 1.29 is 14.3 Å². The normalized spacial score (nSPS) is 12.6. The Morgan fingerprint density at radius 2 is 1.82 bits per heavy atom. The van der Waals surface area contributed by atoms with Crippen molar-refractivity contribution in [3.8, 4) is 0 Å². The molecule has 5 heteroatoms. The van der Waals surface area contributed by atoms with E-state index in [2.05, 4.69) is 5.32 Å². The number of ether oxygens (including phenoxy) is 1. The molecule has 0 spiro atoms. The number of nitrogens with zero attached hydrogens (tertiary/aromatic N) is 1. The molecule has 122 valence electrons. The molecule has 0 aliphatic heterocycles. The molecule has 1 aromatic rings. The minimum Gasteiger partial charge on any atom is -0.364 e. The predicted octanol–water partition coefficient (Wildman–Crippen LogP) is 1.96. The zero-order valence-electron chi connectivity index (χ0n) is 14.1. The molecule has 0 aromatic heterocycles. The van der Waals surface area contributed by atoms with Gasteiger partial charge in [-0.3, -0.25) is 9.59 Å². The van der Waals surface area contributed by atoms with Crippen LogP contribution in [0.1, 0.15) is 33.3 Å². The predicted molar refractivity (Wildman–Crippen MR) is 86.2 cm³/mol. The number of amides is 2. The van der Waals surface area contributed by atoms with Gasteiger partial charge in [0.1, 0.15) is 6.10 Å². The molecular formula is C17H26N2O3. The second kappa shape index (κ2) is 7.94. The largest absolute Gasteiger partial charge is 0.364 e. The highest BCUT2D eigenvalue weighted by atomic mass is 16.5. The summed E-state index contributed by atoms with van der Waals surface area (Å²) in [5.41, 5.74) is 0.700. The topological polar surface area (TPSA) is 58.6 Å². The van der Waals surface area contributed by atoms with Crippen LogP contribution in [0.3, 0.4) is 0 Å². The van der Waals surface area contributed by atoms with Crippen LogP contribution in [-0.4, -0.2) is 41.9 Å². The molecule has 0 saturated carbocycles. The summed E-state index contributed by atoms with van der Waals surface area (Å²) in [5.74, 6) is -0.390. The summed E-state index contributed by atoms with van der Waals surface area (Å²) < 4.78 is 5.57. The third-order valence-electron chi connectivity index (χ3n) is 2.96. The first-order chi connectivity index (χ1) is 10.2. The third-order valence-corrected chi connectivity index (χ3v) is 2.96. The summed E-state index contributed by atoms with van der Waals surface area (Å²) in [6.07, 6.45) is -0.590. The molecular weight excluding hydrogens is 280 g/mol. The van der Waals surface area contributed by atoms with E-state index in [-0.39, 0.29) is 23.9 Å². The van der Waals surface area contributed by atoms with Gasteiger partial charge < -0.3 is 15.0 Å². The van der Waals surface area contributed by atoms with E-state index in [0.29, 0.717) is 6.61 Å². The van der Waals surface area contributed by atoms with Gasteiger partial charge in [-0.15, -0.1) is 0 Å². The zero-order chi connectivity index (χ0) is 16.8. The van der Waals surface area contributed by atoms with Gasteiger partial charge in [0.2, 0.25) is 5.91 Å². The number of rotatable bonds is 6. The van der Waals surface area contributed by atoms with Gasteiger partial charge in [-0.05, 0) is 33.3 Å². The van der Waals surface area contributed by atoms with Crippen molar-refractivity contribution in [2.45, 2.75) is 45.9 Å². The van der Waals surface area contributed by atoms with E-state index in [9.17, 15) is 9.59 Å². The second-order valence-corrected chi connectivity index (χ2v) is 6.43. The van der Waals surface area contributed by atoms with Crippen LogP contribution >= 0.6 is 0 Å². The van der Waals surface area contributed by atoms with Crippen LogP contribution in [-0.2, 0) is 20.9 Å². The summed E-state index contributed by atoms with van der Waals surface area (Å²) in [5, 5.41) is 2.83. The van der Waals surface area contributed by atoms with E-state index < -0.39 is 6.10 Å². The van der Waals surface area contributed by atoms with E-state index in [1.165, 1.54) is 4.90 Å². The summed E-state index contributed by atoms with van der Waals surface area (Å²) >= 11 is 0. The monoisotopic (exact) mass is 306 g/mol. The molecule has 22 heavy (non-hydrogen) atoms. The van der Waals surface area contributed by atoms with Crippen LogP contribution < -0.4 is 5.32 Å². The molecule has 0 radical (unpaired) electrons. The fourth-order valence-corrected chi connectivity index (χ4v) is 1.93. The maximum absolute atomic E-state index is 12.2. The number of nitrogens with one attached hydrogen (secondary N) is 1. The molecule has 1 atom stereocenters. The highest BCUT2D eigenvalue weighted by Gasteiger charge is 2.22. The fourth-order valence-electron chi connectivity index (χ4n) is 1.93. The number of carbonyl (C=O) groups is 2. The molecule has 5 nitrogen and oxygen atoms in total. The lowest BCUT2D eigenvalue weighted by molar-refractivity contribution is -0.144. The Kier molecular flexibility index (Phi) is 6.56. The molecule has 0 saturated heterocycles. The lowest BCUT2D eigenvalue weighted by Crippen LogP contribution is -2.48. The van der Waals surface area contributed by atoms with Gasteiger partial charge in [0.05, 0.1) is 13.2 Å². The van der Waals surface area contributed by atoms with Crippen LogP contribution in [0.25, 0.3) is 0 Å². The van der Waals surface area contributed by atoms with Crippen LogP contribution in [0.15, 0.2) is 30.3 Å². The average molecular weight is 306 g/mol. The van der Waals surface area contributed by atoms with Crippen LogP contribution in [0, 0.1) is 0 Å². The second-order valence-electron chi connectivity index (χ2n) is 6.43. The van der Waals surface area contributed by atoms with Gasteiger partial charge in [-0.2, -0.15) is 0 Å². The van der Waals surface area contributed by atoms with Gasteiger partial charge in [0.15, 0.2) is 0 Å². The van der Waals surface area contributed by atoms with E-state index in [1.54, 1.807) is 14.0 Å². The SMILES string of the molecule is CC(OCc1ccccc1)C(=O)N(C)CC(=O)NC(C)(C)C. The molecule has 0 heterocycles. The highest BCUT2D eigenvalue weighted by Crippen LogP contribution is 2.05. The van der Waals surface area contributed by atoms with E-state index >= 15 is 0 Å². The lowest BCUT2D eigenvalue weighted by atomic mass is 10.1. The maximum Gasteiger partial charge on any atom is 0.251 e. The van der Waals surface area contributed by atoms with Crippen molar-refractivity contribution in [1.29, 1.82) is 0 Å². The van der Waals surface area contributed by atoms with Crippen LogP contribution in [0.2, 0.25) is 0 Å². The molecule has 1 N–H and O–H groups in total. The molecule has 0 fully saturated rings. The first kappa shape index (κ1) is 18.2. The smallest absolute Gasteiger partial charge is 0.251 e. The Morgan fingerprint density at radius 1 is 1.23 bits per heavy atom. The van der Waals surface area contributed by atoms with Gasteiger partial charge in [-0.1, -0.05) is 30.3 Å². The summed E-state index contributed by atoms with van der Waals surface area (Å²) in [7, 11) is 1.60. The average Bonchev–Trinajstić information content (AvgIpc) is 2.42. The summed E-state index contributed by atoms with van der Waals surface area (Å²) in [6.45, 7) is 7.79. The Hall–Kier alpha value is -1.88. The van der Waals surface area contributed by atoms with E-state index in [0.717, 1.165) is 5.56 Å². The maximum atomic E-state index is 12.2. The fraction of sp³-hybridized carbons (Fsp3) is 0.529. The molecule has 0 aliphatic carbocycles. The number of carbonyl (C=O) groups excluding carboxylic acids is 2. The number of benzene rings is 1. The van der Waals surface area contributed by atoms with Crippen LogP contribution in [0.4, 0.5) is 0 Å². The molecule has 1 rings (SSSR count). The standard InChI is InChI=1S/C17H26N2O3/c1-13(22-12-14-9-7-6-8-10-14)16(21)19(5)11-15(20)18-17(2,3)4/h6-10,13H,11-12H2,1-5H3,(H,18,20). The molecule has 0 bridgehead atoms. The molecule has 0 aliphatic rings. The van der Waals surface area contributed by atoms with Gasteiger partial charge in [0, 0.05) is 12.6 Å². The van der Waals surface area contributed by atoms with Crippen molar-refractivity contribution in [1.82, 2.24) is 10.2 Å². The van der Waals surface area contributed by atoms with Crippen molar-refractivity contribution in [3.05, 3.63) is 35.9 Å². The number of hydrogen-bond donors (Lipinski definition) is 1. The highest BCUT2D eigenvalue weighted by molar-refractivity contribution is 5.86. The Morgan fingerprint density at radius 3 is 2.36 bits per heavy atom. The van der Waals surface area contributed by atoms with E-state index in [1.807, 2.05) is 51.1 Å². The molecule has 1 aromatic carbocycles. The van der Waals surface area contributed by atoms with E-state index in [4.69, 9.17) is 4.74 Å². The zero-order valence-corrected chi connectivity index (χ0v) is 14.1. The van der Waals surface area contributed by atoms with Gasteiger partial charge in [0.25, 0.3) is 5.91 Å². The minimum absolute atomic E-state index is 0.0230. The Bertz CT molecular complexity index is 494. The summed E-state index contributed by atoms with van der Waals surface area (Å²) in [4.78, 5) is 25.4. The van der Waals surface area contributed by atoms with Crippen molar-refractivity contribution in [2.24, 2.45) is 0 Å². The van der Waals surface area contributed by atoms with Crippen molar-refractivity contribution >= 4 is 11.8 Å². The van der Waals surface area contributed by atoms with Crippen LogP contribution in [0.5, 0.6) is 0 Å². The Balaban J connectivity index is 2.43. The third kappa shape index (κ3) is 6.72. The van der Waals surface area contributed by atoms with Crippen molar-refractivity contribution in [2.75, 3.05) is 13.6 Å². The molecule has 2 amide bonds. The summed E-state index contributed by atoms with van der Waals surface area (Å²) in [6, 6.07) is 9.66. The molecule has 1 unspecified atom stereocenters. The lowest BCUT2D eigenvalue weighted by Gasteiger charge is -2.25. The first-order valence-electron chi connectivity index (χ1n) is 7.40. The minimum atomic E-state index is -0.590. The number of likely N-dealkylation sites (N-methyl/N-ethyl adjacent to an activating group) is 1.